The third-order valence-corrected chi connectivity index (χ3v) is 3.29. The minimum atomic E-state index is -0.0691. The largest absolute Gasteiger partial charge is 0.492 e. The summed E-state index contributed by atoms with van der Waals surface area (Å²) in [5.41, 5.74) is 2.00. The van der Waals surface area contributed by atoms with Crippen molar-refractivity contribution >= 4 is 11.6 Å². The zero-order valence-corrected chi connectivity index (χ0v) is 13.2. The summed E-state index contributed by atoms with van der Waals surface area (Å²) in [6.45, 7) is 4.93. The first-order valence-electron chi connectivity index (χ1n) is 7.72. The lowest BCUT2D eigenvalue weighted by molar-refractivity contribution is -0.684. The van der Waals surface area contributed by atoms with Crippen LogP contribution in [0.3, 0.4) is 0 Å². The molecule has 2 aromatic rings. The first kappa shape index (κ1) is 16.0. The number of rotatable bonds is 7. The first-order chi connectivity index (χ1) is 10.7. The molecule has 0 atom stereocenters. The van der Waals surface area contributed by atoms with Gasteiger partial charge in [-0.1, -0.05) is 25.5 Å². The van der Waals surface area contributed by atoms with E-state index in [-0.39, 0.29) is 12.5 Å². The van der Waals surface area contributed by atoms with Gasteiger partial charge in [-0.05, 0) is 31.0 Å². The van der Waals surface area contributed by atoms with Crippen LogP contribution in [-0.4, -0.2) is 12.5 Å². The third kappa shape index (κ3) is 4.58. The maximum Gasteiger partial charge on any atom is 0.290 e. The predicted octanol–water partition coefficient (Wildman–Crippen LogP) is 2.96. The molecule has 0 spiro atoms. The predicted molar refractivity (Wildman–Crippen MR) is 86.9 cm³/mol. The Kier molecular flexibility index (Phi) is 5.95. The topological polar surface area (TPSA) is 42.2 Å². The van der Waals surface area contributed by atoms with Crippen LogP contribution < -0.4 is 14.6 Å². The molecule has 0 bridgehead atoms. The number of benzene rings is 1. The Morgan fingerprint density at radius 2 is 1.86 bits per heavy atom. The number of carbonyl (C=O) groups excluding carboxylic acids is 1. The number of aryl methyl sites for hydroxylation is 1. The van der Waals surface area contributed by atoms with Gasteiger partial charge in [0.2, 0.25) is 6.54 Å². The van der Waals surface area contributed by atoms with Crippen molar-refractivity contribution in [3.8, 4) is 5.75 Å². The van der Waals surface area contributed by atoms with Crippen LogP contribution in [0.5, 0.6) is 5.75 Å². The van der Waals surface area contributed by atoms with Crippen LogP contribution in [-0.2, 0) is 17.8 Å². The molecular formula is C18H23N2O2+. The molecule has 1 N–H and O–H groups in total. The van der Waals surface area contributed by atoms with Gasteiger partial charge in [-0.25, -0.2) is 0 Å². The number of ether oxygens (including phenoxy) is 1. The Morgan fingerprint density at radius 3 is 2.55 bits per heavy atom. The number of amides is 1. The van der Waals surface area contributed by atoms with Gasteiger partial charge in [-0.15, -0.1) is 0 Å². The molecule has 0 saturated carbocycles. The van der Waals surface area contributed by atoms with Gasteiger partial charge < -0.3 is 10.1 Å². The lowest BCUT2D eigenvalue weighted by atomic mass is 10.2. The molecule has 0 aliphatic heterocycles. The van der Waals surface area contributed by atoms with Gasteiger partial charge in [0.05, 0.1) is 12.3 Å². The molecule has 0 aliphatic rings. The van der Waals surface area contributed by atoms with E-state index in [4.69, 9.17) is 4.74 Å². The summed E-state index contributed by atoms with van der Waals surface area (Å²) in [5.74, 6) is 0.627. The van der Waals surface area contributed by atoms with Crippen LogP contribution in [0.25, 0.3) is 0 Å². The molecule has 1 amide bonds. The summed E-state index contributed by atoms with van der Waals surface area (Å²) in [6.07, 6.45) is 6.07. The van der Waals surface area contributed by atoms with Gasteiger partial charge in [0, 0.05) is 12.1 Å². The highest BCUT2D eigenvalue weighted by Gasteiger charge is 2.12. The Hall–Kier alpha value is -2.36. The van der Waals surface area contributed by atoms with Crippen molar-refractivity contribution in [1.82, 2.24) is 0 Å². The number of nitrogens with one attached hydrogen (secondary N) is 1. The van der Waals surface area contributed by atoms with E-state index in [9.17, 15) is 4.79 Å². The molecule has 2 rings (SSSR count). The second-order valence-electron chi connectivity index (χ2n) is 5.11. The fraction of sp³-hybridized carbons (Fsp3) is 0.333. The van der Waals surface area contributed by atoms with Crippen molar-refractivity contribution in [2.24, 2.45) is 0 Å². The molecule has 1 heterocycles. The third-order valence-electron chi connectivity index (χ3n) is 3.29. The highest BCUT2D eigenvalue weighted by Crippen LogP contribution is 2.23. The van der Waals surface area contributed by atoms with E-state index < -0.39 is 0 Å². The summed E-state index contributed by atoms with van der Waals surface area (Å²) >= 11 is 0. The van der Waals surface area contributed by atoms with E-state index >= 15 is 0 Å². The average Bonchev–Trinajstić information content (AvgIpc) is 2.52. The monoisotopic (exact) mass is 299 g/mol. The van der Waals surface area contributed by atoms with Gasteiger partial charge in [-0.2, -0.15) is 4.57 Å². The number of pyridine rings is 1. The van der Waals surface area contributed by atoms with Gasteiger partial charge in [0.15, 0.2) is 12.4 Å². The standard InChI is InChI=1S/C18H22N2O2/c1-3-7-15-10-12-20(13-11-15)14-18(21)19-16-8-5-6-9-17(16)22-4-2/h5-6,8-13H,3-4,7,14H2,1-2H3/p+1. The van der Waals surface area contributed by atoms with Crippen molar-refractivity contribution in [3.05, 3.63) is 54.4 Å². The zero-order chi connectivity index (χ0) is 15.8. The molecule has 0 aliphatic carbocycles. The smallest absolute Gasteiger partial charge is 0.290 e. The van der Waals surface area contributed by atoms with E-state index in [0.29, 0.717) is 18.0 Å². The lowest BCUT2D eigenvalue weighted by Gasteiger charge is -2.10. The Morgan fingerprint density at radius 1 is 1.14 bits per heavy atom. The Balaban J connectivity index is 1.98. The number of hydrogen-bond donors (Lipinski definition) is 1. The summed E-state index contributed by atoms with van der Waals surface area (Å²) in [7, 11) is 0. The minimum Gasteiger partial charge on any atom is -0.492 e. The quantitative estimate of drug-likeness (QED) is 0.799. The lowest BCUT2D eigenvalue weighted by Crippen LogP contribution is -2.39. The van der Waals surface area contributed by atoms with E-state index in [1.807, 2.05) is 48.1 Å². The highest BCUT2D eigenvalue weighted by atomic mass is 16.5. The summed E-state index contributed by atoms with van der Waals surface area (Å²) < 4.78 is 7.38. The second kappa shape index (κ2) is 8.17. The maximum absolute atomic E-state index is 12.2. The molecule has 0 saturated heterocycles. The molecule has 22 heavy (non-hydrogen) atoms. The summed E-state index contributed by atoms with van der Waals surface area (Å²) in [4.78, 5) is 12.2. The Bertz CT molecular complexity index is 609. The highest BCUT2D eigenvalue weighted by molar-refractivity contribution is 5.91. The molecule has 116 valence electrons. The van der Waals surface area contributed by atoms with Crippen LogP contribution in [0.1, 0.15) is 25.8 Å². The molecule has 0 radical (unpaired) electrons. The second-order valence-corrected chi connectivity index (χ2v) is 5.11. The molecule has 4 heteroatoms. The summed E-state index contributed by atoms with van der Waals surface area (Å²) in [6, 6.07) is 11.6. The van der Waals surface area contributed by atoms with Crippen molar-refractivity contribution in [2.45, 2.75) is 33.2 Å². The number of anilines is 1. The molecule has 1 aromatic carbocycles. The maximum atomic E-state index is 12.2. The minimum absolute atomic E-state index is 0.0691. The molecule has 0 fully saturated rings. The normalized spacial score (nSPS) is 10.3. The van der Waals surface area contributed by atoms with Crippen LogP contribution in [0.15, 0.2) is 48.8 Å². The van der Waals surface area contributed by atoms with Gasteiger partial charge >= 0.3 is 0 Å². The van der Waals surface area contributed by atoms with E-state index in [1.54, 1.807) is 0 Å². The average molecular weight is 299 g/mol. The molecule has 1 aromatic heterocycles. The SMILES string of the molecule is CCCc1cc[n+](CC(=O)Nc2ccccc2OCC)cc1. The van der Waals surface area contributed by atoms with Gasteiger partial charge in [0.1, 0.15) is 5.75 Å². The summed E-state index contributed by atoms with van der Waals surface area (Å²) in [5, 5.41) is 2.90. The van der Waals surface area contributed by atoms with Crippen LogP contribution in [0.2, 0.25) is 0 Å². The molecule has 0 unspecified atom stereocenters. The number of hydrogen-bond acceptors (Lipinski definition) is 2. The van der Waals surface area contributed by atoms with Crippen LogP contribution >= 0.6 is 0 Å². The van der Waals surface area contributed by atoms with Gasteiger partial charge in [-0.3, -0.25) is 4.79 Å². The fourth-order valence-electron chi connectivity index (χ4n) is 2.26. The van der Waals surface area contributed by atoms with E-state index in [0.717, 1.165) is 12.8 Å². The van der Waals surface area contributed by atoms with Crippen molar-refractivity contribution < 1.29 is 14.1 Å². The first-order valence-corrected chi connectivity index (χ1v) is 7.72. The number of aromatic nitrogens is 1. The Labute approximate surface area is 131 Å². The number of para-hydroxylation sites is 2. The van der Waals surface area contributed by atoms with Crippen LogP contribution in [0.4, 0.5) is 5.69 Å². The van der Waals surface area contributed by atoms with Crippen molar-refractivity contribution in [1.29, 1.82) is 0 Å². The number of nitrogens with zero attached hydrogens (tertiary/aromatic N) is 1. The van der Waals surface area contributed by atoms with E-state index in [1.165, 1.54) is 5.56 Å². The molecule has 4 nitrogen and oxygen atoms in total. The fourth-order valence-corrected chi connectivity index (χ4v) is 2.26. The van der Waals surface area contributed by atoms with Crippen molar-refractivity contribution in [3.63, 3.8) is 0 Å². The van der Waals surface area contributed by atoms with E-state index in [2.05, 4.69) is 24.4 Å². The van der Waals surface area contributed by atoms with Gasteiger partial charge in [0.25, 0.3) is 5.91 Å². The molecular weight excluding hydrogens is 276 g/mol. The number of carbonyl (C=O) groups is 1. The van der Waals surface area contributed by atoms with Crippen LogP contribution in [0, 0.1) is 0 Å². The zero-order valence-electron chi connectivity index (χ0n) is 13.2. The van der Waals surface area contributed by atoms with Crippen molar-refractivity contribution in [2.75, 3.05) is 11.9 Å².